The number of carbonyl (C=O) groups excluding carboxylic acids is 2. The highest BCUT2D eigenvalue weighted by molar-refractivity contribution is 7.10. The van der Waals surface area contributed by atoms with Crippen molar-refractivity contribution in [2.45, 2.75) is 32.9 Å². The molecule has 0 saturated carbocycles. The van der Waals surface area contributed by atoms with Crippen LogP contribution in [0.15, 0.2) is 60.0 Å². The van der Waals surface area contributed by atoms with Crippen molar-refractivity contribution in [2.24, 2.45) is 0 Å². The van der Waals surface area contributed by atoms with E-state index in [9.17, 15) is 9.59 Å². The second kappa shape index (κ2) is 7.60. The zero-order valence-corrected chi connectivity index (χ0v) is 16.8. The molecular weight excluding hydrogens is 368 g/mol. The third-order valence-electron chi connectivity index (χ3n) is 5.35. The highest BCUT2D eigenvalue weighted by atomic mass is 32.1. The molecule has 1 unspecified atom stereocenters. The molecule has 0 bridgehead atoms. The Morgan fingerprint density at radius 2 is 1.93 bits per heavy atom. The van der Waals surface area contributed by atoms with Crippen molar-refractivity contribution in [2.75, 3.05) is 5.32 Å². The van der Waals surface area contributed by atoms with Crippen molar-refractivity contribution in [3.8, 4) is 0 Å². The molecule has 0 fully saturated rings. The Labute approximate surface area is 168 Å². The highest BCUT2D eigenvalue weighted by Crippen LogP contribution is 2.35. The van der Waals surface area contributed by atoms with E-state index >= 15 is 0 Å². The van der Waals surface area contributed by atoms with Crippen molar-refractivity contribution in [1.29, 1.82) is 0 Å². The van der Waals surface area contributed by atoms with Crippen LogP contribution in [0, 0.1) is 13.8 Å². The van der Waals surface area contributed by atoms with Crippen molar-refractivity contribution in [3.05, 3.63) is 87.1 Å². The van der Waals surface area contributed by atoms with Gasteiger partial charge in [-0.25, -0.2) is 0 Å². The van der Waals surface area contributed by atoms with Crippen LogP contribution in [0.1, 0.15) is 44.4 Å². The maximum atomic E-state index is 13.0. The topological polar surface area (TPSA) is 49.4 Å². The third-order valence-corrected chi connectivity index (χ3v) is 6.33. The number of carbonyl (C=O) groups is 2. The zero-order valence-electron chi connectivity index (χ0n) is 15.9. The summed E-state index contributed by atoms with van der Waals surface area (Å²) < 4.78 is 0. The second-order valence-electron chi connectivity index (χ2n) is 7.12. The van der Waals surface area contributed by atoms with E-state index in [1.165, 1.54) is 0 Å². The Kier molecular flexibility index (Phi) is 5.01. The molecule has 2 amide bonds. The Morgan fingerprint density at radius 3 is 2.68 bits per heavy atom. The standard InChI is InChI=1S/C23H22N2O2S/c1-15-7-5-10-19(16(15)2)24-22(26)13-20(21-11-6-12-28-21)25-14-17-8-3-4-9-18(17)23(25)27/h3-12,20H,13-14H2,1-2H3,(H,24,26). The normalized spacial score (nSPS) is 14.1. The van der Waals surface area contributed by atoms with Gasteiger partial charge in [0.2, 0.25) is 5.91 Å². The number of anilines is 1. The van der Waals surface area contributed by atoms with Gasteiger partial charge in [-0.15, -0.1) is 11.3 Å². The van der Waals surface area contributed by atoms with Crippen LogP contribution in [0.2, 0.25) is 0 Å². The van der Waals surface area contributed by atoms with Gasteiger partial charge in [0.05, 0.1) is 12.5 Å². The molecule has 28 heavy (non-hydrogen) atoms. The summed E-state index contributed by atoms with van der Waals surface area (Å²) in [6.45, 7) is 4.57. The summed E-state index contributed by atoms with van der Waals surface area (Å²) in [5, 5.41) is 5.02. The lowest BCUT2D eigenvalue weighted by Gasteiger charge is -2.27. The van der Waals surface area contributed by atoms with Crippen LogP contribution in [0.5, 0.6) is 0 Å². The molecule has 5 heteroatoms. The van der Waals surface area contributed by atoms with Gasteiger partial charge in [0, 0.05) is 22.7 Å². The summed E-state index contributed by atoms with van der Waals surface area (Å²) in [7, 11) is 0. The van der Waals surface area contributed by atoms with Gasteiger partial charge in [0.25, 0.3) is 5.91 Å². The molecule has 0 spiro atoms. The van der Waals surface area contributed by atoms with Gasteiger partial charge >= 0.3 is 0 Å². The lowest BCUT2D eigenvalue weighted by molar-refractivity contribution is -0.117. The molecule has 2 heterocycles. The summed E-state index contributed by atoms with van der Waals surface area (Å²) >= 11 is 1.58. The van der Waals surface area contributed by atoms with E-state index < -0.39 is 0 Å². The summed E-state index contributed by atoms with van der Waals surface area (Å²) in [5.74, 6) is -0.0932. The Bertz CT molecular complexity index is 1030. The number of amides is 2. The van der Waals surface area contributed by atoms with Crippen LogP contribution in [-0.2, 0) is 11.3 Å². The van der Waals surface area contributed by atoms with Gasteiger partial charge < -0.3 is 10.2 Å². The van der Waals surface area contributed by atoms with Crippen LogP contribution in [0.3, 0.4) is 0 Å². The first kappa shape index (κ1) is 18.4. The highest BCUT2D eigenvalue weighted by Gasteiger charge is 2.34. The molecule has 0 saturated heterocycles. The number of benzene rings is 2. The van der Waals surface area contributed by atoms with Crippen LogP contribution >= 0.6 is 11.3 Å². The van der Waals surface area contributed by atoms with Gasteiger partial charge in [-0.2, -0.15) is 0 Å². The monoisotopic (exact) mass is 390 g/mol. The maximum Gasteiger partial charge on any atom is 0.255 e. The van der Waals surface area contributed by atoms with Gasteiger partial charge in [0.1, 0.15) is 0 Å². The number of nitrogens with one attached hydrogen (secondary N) is 1. The molecule has 1 aliphatic heterocycles. The lowest BCUT2D eigenvalue weighted by atomic mass is 10.1. The minimum atomic E-state index is -0.273. The SMILES string of the molecule is Cc1cccc(NC(=O)CC(c2cccs2)N2Cc3ccccc3C2=O)c1C. The number of thiophene rings is 1. The van der Waals surface area contributed by atoms with E-state index in [0.29, 0.717) is 6.54 Å². The first-order chi connectivity index (χ1) is 13.5. The van der Waals surface area contributed by atoms with Crippen LogP contribution in [0.4, 0.5) is 5.69 Å². The fourth-order valence-electron chi connectivity index (χ4n) is 3.64. The van der Waals surface area contributed by atoms with E-state index in [4.69, 9.17) is 0 Å². The summed E-state index contributed by atoms with van der Waals surface area (Å²) in [5.41, 5.74) is 4.78. The van der Waals surface area contributed by atoms with E-state index in [1.807, 2.05) is 78.7 Å². The molecule has 0 radical (unpaired) electrons. The number of hydrogen-bond donors (Lipinski definition) is 1. The van der Waals surface area contributed by atoms with Crippen molar-refractivity contribution in [3.63, 3.8) is 0 Å². The van der Waals surface area contributed by atoms with E-state index in [-0.39, 0.29) is 24.3 Å². The average Bonchev–Trinajstić information content (AvgIpc) is 3.33. The molecule has 142 valence electrons. The van der Waals surface area contributed by atoms with Gasteiger partial charge in [0.15, 0.2) is 0 Å². The molecule has 4 nitrogen and oxygen atoms in total. The Hall–Kier alpha value is -2.92. The quantitative estimate of drug-likeness (QED) is 0.660. The Balaban J connectivity index is 1.57. The molecule has 4 rings (SSSR count). The smallest absolute Gasteiger partial charge is 0.255 e. The summed E-state index contributed by atoms with van der Waals surface area (Å²) in [6.07, 6.45) is 0.230. The number of nitrogens with zero attached hydrogens (tertiary/aromatic N) is 1. The van der Waals surface area contributed by atoms with Crippen molar-refractivity contribution < 1.29 is 9.59 Å². The van der Waals surface area contributed by atoms with E-state index in [0.717, 1.165) is 32.8 Å². The van der Waals surface area contributed by atoms with Gasteiger partial charge in [-0.3, -0.25) is 9.59 Å². The lowest BCUT2D eigenvalue weighted by Crippen LogP contribution is -2.31. The second-order valence-corrected chi connectivity index (χ2v) is 8.10. The predicted octanol–water partition coefficient (Wildman–Crippen LogP) is 5.09. The number of rotatable bonds is 5. The molecular formula is C23H22N2O2S. The van der Waals surface area contributed by atoms with Crippen LogP contribution in [-0.4, -0.2) is 16.7 Å². The zero-order chi connectivity index (χ0) is 19.7. The minimum absolute atomic E-state index is 0.00599. The minimum Gasteiger partial charge on any atom is -0.326 e. The predicted molar refractivity (Wildman–Crippen MR) is 113 cm³/mol. The van der Waals surface area contributed by atoms with Gasteiger partial charge in [-0.1, -0.05) is 36.4 Å². The third kappa shape index (κ3) is 3.45. The largest absolute Gasteiger partial charge is 0.326 e. The van der Waals surface area contributed by atoms with Crippen LogP contribution < -0.4 is 5.32 Å². The molecule has 1 aromatic heterocycles. The van der Waals surface area contributed by atoms with Gasteiger partial charge in [-0.05, 0) is 54.1 Å². The fraction of sp³-hybridized carbons (Fsp3) is 0.217. The molecule has 2 aromatic carbocycles. The number of aryl methyl sites for hydroxylation is 1. The fourth-order valence-corrected chi connectivity index (χ4v) is 4.48. The van der Waals surface area contributed by atoms with Crippen molar-refractivity contribution >= 4 is 28.8 Å². The van der Waals surface area contributed by atoms with Crippen molar-refractivity contribution in [1.82, 2.24) is 4.90 Å². The molecule has 1 N–H and O–H groups in total. The summed E-state index contributed by atoms with van der Waals surface area (Å²) in [6, 6.07) is 17.2. The van der Waals surface area contributed by atoms with E-state index in [1.54, 1.807) is 11.3 Å². The maximum absolute atomic E-state index is 13.0. The molecule has 0 aliphatic carbocycles. The first-order valence-electron chi connectivity index (χ1n) is 9.33. The number of hydrogen-bond acceptors (Lipinski definition) is 3. The molecule has 1 aliphatic rings. The Morgan fingerprint density at radius 1 is 1.11 bits per heavy atom. The number of fused-ring (bicyclic) bond motifs is 1. The molecule has 1 atom stereocenters. The van der Waals surface area contributed by atoms with E-state index in [2.05, 4.69) is 5.32 Å². The average molecular weight is 391 g/mol. The molecule has 3 aromatic rings. The first-order valence-corrected chi connectivity index (χ1v) is 10.2. The van der Waals surface area contributed by atoms with Crippen LogP contribution in [0.25, 0.3) is 0 Å². The summed E-state index contributed by atoms with van der Waals surface area (Å²) in [4.78, 5) is 28.7.